The van der Waals surface area contributed by atoms with Crippen LogP contribution in [0.5, 0.6) is 0 Å². The third-order valence-electron chi connectivity index (χ3n) is 3.38. The van der Waals surface area contributed by atoms with Crippen LogP contribution in [0, 0.1) is 10.1 Å². The second-order valence-electron chi connectivity index (χ2n) is 4.74. The first-order valence-electron chi connectivity index (χ1n) is 6.50. The van der Waals surface area contributed by atoms with Crippen molar-refractivity contribution in [1.29, 1.82) is 0 Å². The highest BCUT2D eigenvalue weighted by atomic mass is 16.6. The Morgan fingerprint density at radius 1 is 1.14 bits per heavy atom. The molecule has 0 aliphatic rings. The average Bonchev–Trinajstić information content (AvgIpc) is 2.54. The van der Waals surface area contributed by atoms with E-state index >= 15 is 0 Å². The Morgan fingerprint density at radius 2 is 1.86 bits per heavy atom. The summed E-state index contributed by atoms with van der Waals surface area (Å²) >= 11 is 0. The van der Waals surface area contributed by atoms with Crippen LogP contribution in [0.3, 0.4) is 0 Å². The van der Waals surface area contributed by atoms with Crippen LogP contribution in [-0.2, 0) is 0 Å². The molecule has 3 rings (SSSR count). The third kappa shape index (κ3) is 2.26. The zero-order valence-electron chi connectivity index (χ0n) is 11.4. The molecule has 2 aromatic carbocycles. The van der Waals surface area contributed by atoms with Crippen molar-refractivity contribution in [3.8, 4) is 0 Å². The van der Waals surface area contributed by atoms with Crippen molar-refractivity contribution in [1.82, 2.24) is 4.98 Å². The molecule has 0 saturated heterocycles. The van der Waals surface area contributed by atoms with Crippen LogP contribution in [0.25, 0.3) is 10.8 Å². The van der Waals surface area contributed by atoms with Gasteiger partial charge in [-0.15, -0.1) is 0 Å². The van der Waals surface area contributed by atoms with Crippen molar-refractivity contribution in [2.24, 2.45) is 0 Å². The Labute approximate surface area is 125 Å². The fourth-order valence-electron chi connectivity index (χ4n) is 2.31. The summed E-state index contributed by atoms with van der Waals surface area (Å²) < 4.78 is 0. The number of rotatable bonds is 3. The normalized spacial score (nSPS) is 10.5. The van der Waals surface area contributed by atoms with E-state index in [0.717, 1.165) is 0 Å². The van der Waals surface area contributed by atoms with Gasteiger partial charge in [-0.1, -0.05) is 30.3 Å². The number of carbonyl (C=O) groups excluding carboxylic acids is 1. The average molecular weight is 293 g/mol. The van der Waals surface area contributed by atoms with Gasteiger partial charge in [-0.2, -0.15) is 0 Å². The lowest BCUT2D eigenvalue weighted by Crippen LogP contribution is -2.08. The number of nitrogens with zero attached hydrogens (tertiary/aromatic N) is 2. The Hall–Kier alpha value is -3.28. The summed E-state index contributed by atoms with van der Waals surface area (Å²) in [6.45, 7) is 0. The number of nitrogen functional groups attached to an aromatic ring is 1. The first kappa shape index (κ1) is 13.7. The van der Waals surface area contributed by atoms with E-state index in [0.29, 0.717) is 16.3 Å². The maximum Gasteiger partial charge on any atom is 0.270 e. The molecule has 3 aromatic rings. The maximum absolute atomic E-state index is 12.6. The molecule has 1 heterocycles. The smallest absolute Gasteiger partial charge is 0.270 e. The first-order valence-corrected chi connectivity index (χ1v) is 6.50. The van der Waals surface area contributed by atoms with E-state index in [4.69, 9.17) is 5.73 Å². The van der Waals surface area contributed by atoms with Gasteiger partial charge in [0.2, 0.25) is 0 Å². The zero-order chi connectivity index (χ0) is 15.7. The number of hydrogen-bond acceptors (Lipinski definition) is 5. The molecule has 0 aliphatic heterocycles. The van der Waals surface area contributed by atoms with Crippen LogP contribution in [0.15, 0.2) is 54.7 Å². The lowest BCUT2D eigenvalue weighted by molar-refractivity contribution is -0.384. The van der Waals surface area contributed by atoms with Crippen molar-refractivity contribution in [3.05, 3.63) is 76.0 Å². The molecule has 0 atom stereocenters. The molecule has 0 radical (unpaired) electrons. The Bertz CT molecular complexity index is 892. The molecule has 1 aromatic heterocycles. The fourth-order valence-corrected chi connectivity index (χ4v) is 2.31. The van der Waals surface area contributed by atoms with E-state index in [2.05, 4.69) is 4.98 Å². The second-order valence-corrected chi connectivity index (χ2v) is 4.74. The van der Waals surface area contributed by atoms with E-state index in [9.17, 15) is 14.9 Å². The van der Waals surface area contributed by atoms with Crippen LogP contribution >= 0.6 is 0 Å². The molecule has 0 unspecified atom stereocenters. The van der Waals surface area contributed by atoms with E-state index in [1.165, 1.54) is 24.4 Å². The topological polar surface area (TPSA) is 99.1 Å². The van der Waals surface area contributed by atoms with Crippen LogP contribution in [-0.4, -0.2) is 15.7 Å². The van der Waals surface area contributed by atoms with Gasteiger partial charge in [-0.3, -0.25) is 14.9 Å². The van der Waals surface area contributed by atoms with Crippen molar-refractivity contribution in [2.75, 3.05) is 5.73 Å². The number of benzene rings is 2. The molecule has 6 heteroatoms. The molecule has 2 N–H and O–H groups in total. The van der Waals surface area contributed by atoms with Gasteiger partial charge in [0, 0.05) is 29.3 Å². The maximum atomic E-state index is 12.6. The number of ketones is 1. The van der Waals surface area contributed by atoms with Crippen LogP contribution < -0.4 is 5.73 Å². The van der Waals surface area contributed by atoms with Crippen LogP contribution in [0.1, 0.15) is 15.9 Å². The molecular weight excluding hydrogens is 282 g/mol. The Balaban J connectivity index is 2.22. The van der Waals surface area contributed by atoms with E-state index in [1.807, 2.05) is 6.07 Å². The van der Waals surface area contributed by atoms with Gasteiger partial charge < -0.3 is 5.73 Å². The highest BCUT2D eigenvalue weighted by molar-refractivity contribution is 6.19. The largest absolute Gasteiger partial charge is 0.383 e. The first-order chi connectivity index (χ1) is 10.6. The number of aromatic nitrogens is 1. The lowest BCUT2D eigenvalue weighted by Gasteiger charge is -2.08. The number of hydrogen-bond donors (Lipinski definition) is 1. The number of nitro groups is 1. The van der Waals surface area contributed by atoms with Gasteiger partial charge in [0.05, 0.1) is 10.5 Å². The molecule has 0 saturated carbocycles. The summed E-state index contributed by atoms with van der Waals surface area (Å²) in [5.74, 6) is -0.153. The van der Waals surface area contributed by atoms with Gasteiger partial charge >= 0.3 is 0 Å². The molecule has 0 aliphatic carbocycles. The Morgan fingerprint density at radius 3 is 2.55 bits per heavy atom. The summed E-state index contributed by atoms with van der Waals surface area (Å²) in [6.07, 6.45) is 1.43. The standard InChI is InChI=1S/C16H11N3O3/c17-16-14(15(20)10-4-2-1-3-5-10)13-7-6-12(19(21)22)8-11(13)9-18-16/h1-9H,(H2,17,18). The summed E-state index contributed by atoms with van der Waals surface area (Å²) in [5.41, 5.74) is 6.55. The predicted molar refractivity (Wildman–Crippen MR) is 82.7 cm³/mol. The quantitative estimate of drug-likeness (QED) is 0.454. The van der Waals surface area contributed by atoms with E-state index in [-0.39, 0.29) is 22.9 Å². The van der Waals surface area contributed by atoms with E-state index < -0.39 is 4.92 Å². The van der Waals surface area contributed by atoms with Gasteiger partial charge in [-0.25, -0.2) is 4.98 Å². The highest BCUT2D eigenvalue weighted by Gasteiger charge is 2.18. The minimum atomic E-state index is -0.492. The summed E-state index contributed by atoms with van der Waals surface area (Å²) in [5, 5.41) is 11.9. The number of carbonyl (C=O) groups is 1. The number of nitro benzene ring substituents is 1. The zero-order valence-corrected chi connectivity index (χ0v) is 11.4. The molecule has 0 fully saturated rings. The Kier molecular flexibility index (Phi) is 3.27. The number of anilines is 1. The van der Waals surface area contributed by atoms with Crippen LogP contribution in [0.2, 0.25) is 0 Å². The molecule has 0 spiro atoms. The molecule has 0 amide bonds. The number of non-ortho nitro benzene ring substituents is 1. The second kappa shape index (κ2) is 5.25. The SMILES string of the molecule is Nc1ncc2cc([N+](=O)[O-])ccc2c1C(=O)c1ccccc1. The van der Waals surface area contributed by atoms with Crippen molar-refractivity contribution < 1.29 is 9.72 Å². The third-order valence-corrected chi connectivity index (χ3v) is 3.38. The minimum absolute atomic E-state index is 0.0582. The van der Waals surface area contributed by atoms with E-state index in [1.54, 1.807) is 24.3 Å². The van der Waals surface area contributed by atoms with Gasteiger partial charge in [0.15, 0.2) is 5.78 Å². The van der Waals surface area contributed by atoms with Crippen molar-refractivity contribution in [2.45, 2.75) is 0 Å². The fraction of sp³-hybridized carbons (Fsp3) is 0. The predicted octanol–water partition coefficient (Wildman–Crippen LogP) is 2.96. The number of fused-ring (bicyclic) bond motifs is 1. The number of pyridine rings is 1. The summed E-state index contributed by atoms with van der Waals surface area (Å²) in [4.78, 5) is 27.0. The summed E-state index contributed by atoms with van der Waals surface area (Å²) in [6, 6.07) is 13.0. The minimum Gasteiger partial charge on any atom is -0.383 e. The molecule has 6 nitrogen and oxygen atoms in total. The van der Waals surface area contributed by atoms with Gasteiger partial charge in [-0.05, 0) is 11.5 Å². The molecule has 22 heavy (non-hydrogen) atoms. The lowest BCUT2D eigenvalue weighted by atomic mass is 9.98. The summed E-state index contributed by atoms with van der Waals surface area (Å²) in [7, 11) is 0. The monoisotopic (exact) mass is 293 g/mol. The highest BCUT2D eigenvalue weighted by Crippen LogP contribution is 2.27. The molecular formula is C16H11N3O3. The van der Waals surface area contributed by atoms with Crippen molar-refractivity contribution in [3.63, 3.8) is 0 Å². The van der Waals surface area contributed by atoms with Gasteiger partial charge in [0.25, 0.3) is 5.69 Å². The van der Waals surface area contributed by atoms with Gasteiger partial charge in [0.1, 0.15) is 5.82 Å². The molecule has 0 bridgehead atoms. The number of nitrogens with two attached hydrogens (primary N) is 1. The van der Waals surface area contributed by atoms with Crippen LogP contribution in [0.4, 0.5) is 11.5 Å². The molecule has 108 valence electrons. The van der Waals surface area contributed by atoms with Crippen molar-refractivity contribution >= 4 is 28.1 Å².